The van der Waals surface area contributed by atoms with Crippen LogP contribution in [0.25, 0.3) is 0 Å². The minimum absolute atomic E-state index is 0.289. The highest BCUT2D eigenvalue weighted by Gasteiger charge is 2.22. The quantitative estimate of drug-likeness (QED) is 0.924. The molecule has 1 aliphatic rings. The van der Waals surface area contributed by atoms with Gasteiger partial charge < -0.3 is 14.7 Å². The Labute approximate surface area is 130 Å². The molecule has 2 aromatic carbocycles. The molecule has 4 nitrogen and oxygen atoms in total. The van der Waals surface area contributed by atoms with E-state index in [1.807, 2.05) is 43.3 Å². The molecular weight excluding hydrogens is 278 g/mol. The highest BCUT2D eigenvalue weighted by Crippen LogP contribution is 2.26. The lowest BCUT2D eigenvalue weighted by molar-refractivity contribution is 0.0918. The maximum Gasteiger partial charge on any atom is 0.410 e. The molecule has 2 aromatic rings. The van der Waals surface area contributed by atoms with Gasteiger partial charge in [-0.3, -0.25) is 0 Å². The lowest BCUT2D eigenvalue weighted by atomic mass is 9.97. The van der Waals surface area contributed by atoms with Crippen molar-refractivity contribution in [2.45, 2.75) is 26.5 Å². The van der Waals surface area contributed by atoms with E-state index in [1.54, 1.807) is 11.0 Å². The molecule has 0 aliphatic carbocycles. The number of amides is 1. The number of ether oxygens (including phenoxy) is 1. The van der Waals surface area contributed by atoms with Crippen LogP contribution in [0.1, 0.15) is 22.3 Å². The highest BCUT2D eigenvalue weighted by atomic mass is 16.6. The summed E-state index contributed by atoms with van der Waals surface area (Å²) in [7, 11) is 0. The Kier molecular flexibility index (Phi) is 4.00. The first-order valence-corrected chi connectivity index (χ1v) is 7.40. The number of phenols is 1. The molecule has 22 heavy (non-hydrogen) atoms. The van der Waals surface area contributed by atoms with Gasteiger partial charge in [-0.25, -0.2) is 4.79 Å². The Balaban J connectivity index is 1.64. The number of benzene rings is 2. The molecule has 4 heteroatoms. The summed E-state index contributed by atoms with van der Waals surface area (Å²) in [6.45, 7) is 3.30. The largest absolute Gasteiger partial charge is 0.508 e. The van der Waals surface area contributed by atoms with Crippen molar-refractivity contribution in [2.75, 3.05) is 6.54 Å². The maximum atomic E-state index is 12.2. The predicted octanol–water partition coefficient (Wildman–Crippen LogP) is 3.40. The van der Waals surface area contributed by atoms with Crippen molar-refractivity contribution in [3.05, 3.63) is 64.7 Å². The van der Waals surface area contributed by atoms with E-state index in [0.717, 1.165) is 28.7 Å². The fourth-order valence-electron chi connectivity index (χ4n) is 2.69. The number of fused-ring (bicyclic) bond motifs is 1. The summed E-state index contributed by atoms with van der Waals surface area (Å²) < 4.78 is 5.37. The Morgan fingerprint density at radius 3 is 2.77 bits per heavy atom. The molecule has 114 valence electrons. The van der Waals surface area contributed by atoms with Crippen molar-refractivity contribution in [1.29, 1.82) is 0 Å². The molecule has 1 N–H and O–H groups in total. The van der Waals surface area contributed by atoms with E-state index >= 15 is 0 Å². The normalized spacial score (nSPS) is 13.6. The number of rotatable bonds is 2. The van der Waals surface area contributed by atoms with E-state index in [2.05, 4.69) is 0 Å². The van der Waals surface area contributed by atoms with Crippen molar-refractivity contribution in [3.63, 3.8) is 0 Å². The summed E-state index contributed by atoms with van der Waals surface area (Å²) in [5.41, 5.74) is 4.00. The first-order chi connectivity index (χ1) is 10.6. The monoisotopic (exact) mass is 297 g/mol. The van der Waals surface area contributed by atoms with Gasteiger partial charge in [-0.15, -0.1) is 0 Å². The van der Waals surface area contributed by atoms with Gasteiger partial charge in [0.25, 0.3) is 0 Å². The number of phenolic OH excluding ortho intramolecular Hbond substituents is 1. The Hall–Kier alpha value is -2.49. The zero-order valence-electron chi connectivity index (χ0n) is 12.6. The van der Waals surface area contributed by atoms with Gasteiger partial charge in [0.05, 0.1) is 0 Å². The third-order valence-corrected chi connectivity index (χ3v) is 3.99. The molecule has 0 atom stereocenters. The molecule has 1 amide bonds. The van der Waals surface area contributed by atoms with E-state index in [-0.39, 0.29) is 12.7 Å². The van der Waals surface area contributed by atoms with E-state index in [9.17, 15) is 9.90 Å². The highest BCUT2D eigenvalue weighted by molar-refractivity contribution is 5.68. The van der Waals surface area contributed by atoms with E-state index in [0.29, 0.717) is 18.8 Å². The van der Waals surface area contributed by atoms with Crippen LogP contribution in [-0.2, 0) is 24.3 Å². The average molecular weight is 297 g/mol. The molecule has 0 saturated heterocycles. The van der Waals surface area contributed by atoms with Gasteiger partial charge in [0, 0.05) is 13.1 Å². The number of carbonyl (C=O) groups is 1. The van der Waals surface area contributed by atoms with Crippen LogP contribution in [0.4, 0.5) is 4.79 Å². The third-order valence-electron chi connectivity index (χ3n) is 3.99. The number of hydrogen-bond donors (Lipinski definition) is 1. The van der Waals surface area contributed by atoms with E-state index in [4.69, 9.17) is 4.74 Å². The van der Waals surface area contributed by atoms with Crippen molar-refractivity contribution in [2.24, 2.45) is 0 Å². The number of hydrogen-bond acceptors (Lipinski definition) is 3. The minimum atomic E-state index is -0.291. The molecule has 0 unspecified atom stereocenters. The van der Waals surface area contributed by atoms with Crippen LogP contribution in [0.5, 0.6) is 5.75 Å². The number of aryl methyl sites for hydroxylation is 1. The van der Waals surface area contributed by atoms with Crippen LogP contribution in [-0.4, -0.2) is 22.6 Å². The van der Waals surface area contributed by atoms with Crippen molar-refractivity contribution >= 4 is 6.09 Å². The molecule has 1 heterocycles. The standard InChI is InChI=1S/C18H19NO3/c1-13-9-16-11-19(8-7-15(16)10-17(13)20)18(21)22-12-14-5-3-2-4-6-14/h2-6,9-10,20H,7-8,11-12H2,1H3. The molecule has 0 fully saturated rings. The molecule has 3 rings (SSSR count). The Morgan fingerprint density at radius 2 is 2.00 bits per heavy atom. The molecule has 1 aliphatic heterocycles. The van der Waals surface area contributed by atoms with Crippen LogP contribution in [0, 0.1) is 6.92 Å². The second-order valence-corrected chi connectivity index (χ2v) is 5.62. The lowest BCUT2D eigenvalue weighted by Gasteiger charge is -2.28. The Morgan fingerprint density at radius 1 is 1.23 bits per heavy atom. The molecule has 0 bridgehead atoms. The third kappa shape index (κ3) is 3.06. The molecule has 0 radical (unpaired) electrons. The van der Waals surface area contributed by atoms with Crippen LogP contribution in [0.2, 0.25) is 0 Å². The zero-order valence-corrected chi connectivity index (χ0v) is 12.6. The smallest absolute Gasteiger partial charge is 0.410 e. The second kappa shape index (κ2) is 6.10. The average Bonchev–Trinajstić information content (AvgIpc) is 2.54. The maximum absolute atomic E-state index is 12.2. The SMILES string of the molecule is Cc1cc2c(cc1O)CCN(C(=O)OCc1ccccc1)C2. The predicted molar refractivity (Wildman–Crippen MR) is 83.6 cm³/mol. The van der Waals surface area contributed by atoms with Gasteiger partial charge in [-0.2, -0.15) is 0 Å². The Bertz CT molecular complexity index is 682. The zero-order chi connectivity index (χ0) is 15.5. The molecule has 0 spiro atoms. The fourth-order valence-corrected chi connectivity index (χ4v) is 2.69. The second-order valence-electron chi connectivity index (χ2n) is 5.62. The van der Waals surface area contributed by atoms with Crippen LogP contribution in [0.15, 0.2) is 42.5 Å². The van der Waals surface area contributed by atoms with Gasteiger partial charge in [0.15, 0.2) is 0 Å². The van der Waals surface area contributed by atoms with Crippen LogP contribution < -0.4 is 0 Å². The van der Waals surface area contributed by atoms with Crippen LogP contribution in [0.3, 0.4) is 0 Å². The van der Waals surface area contributed by atoms with Gasteiger partial charge in [-0.1, -0.05) is 36.4 Å². The first-order valence-electron chi connectivity index (χ1n) is 7.40. The summed E-state index contributed by atoms with van der Waals surface area (Å²) >= 11 is 0. The van der Waals surface area contributed by atoms with E-state index in [1.165, 1.54) is 0 Å². The summed E-state index contributed by atoms with van der Waals surface area (Å²) in [6, 6.07) is 13.4. The van der Waals surface area contributed by atoms with E-state index < -0.39 is 0 Å². The topological polar surface area (TPSA) is 49.8 Å². The van der Waals surface area contributed by atoms with Crippen molar-refractivity contribution < 1.29 is 14.6 Å². The molecule has 0 aromatic heterocycles. The van der Waals surface area contributed by atoms with Crippen LogP contribution >= 0.6 is 0 Å². The molecular formula is C18H19NO3. The summed E-state index contributed by atoms with van der Waals surface area (Å²) in [6.07, 6.45) is 0.448. The number of nitrogens with zero attached hydrogens (tertiary/aromatic N) is 1. The first kappa shape index (κ1) is 14.4. The summed E-state index contributed by atoms with van der Waals surface area (Å²) in [5, 5.41) is 9.76. The minimum Gasteiger partial charge on any atom is -0.508 e. The lowest BCUT2D eigenvalue weighted by Crippen LogP contribution is -2.36. The van der Waals surface area contributed by atoms with Gasteiger partial charge in [0.1, 0.15) is 12.4 Å². The van der Waals surface area contributed by atoms with Crippen molar-refractivity contribution in [3.8, 4) is 5.75 Å². The summed E-state index contributed by atoms with van der Waals surface area (Å²) in [5.74, 6) is 0.318. The van der Waals surface area contributed by atoms with Gasteiger partial charge in [-0.05, 0) is 41.7 Å². The summed E-state index contributed by atoms with van der Waals surface area (Å²) in [4.78, 5) is 13.9. The number of aromatic hydroxyl groups is 1. The fraction of sp³-hybridized carbons (Fsp3) is 0.278. The van der Waals surface area contributed by atoms with Gasteiger partial charge >= 0.3 is 6.09 Å². The molecule has 0 saturated carbocycles. The number of carbonyl (C=O) groups excluding carboxylic acids is 1. The van der Waals surface area contributed by atoms with Gasteiger partial charge in [0.2, 0.25) is 0 Å². The van der Waals surface area contributed by atoms with Crippen molar-refractivity contribution in [1.82, 2.24) is 4.90 Å².